The van der Waals surface area contributed by atoms with Crippen LogP contribution in [0.3, 0.4) is 0 Å². The summed E-state index contributed by atoms with van der Waals surface area (Å²) < 4.78 is 11.8. The van der Waals surface area contributed by atoms with E-state index in [0.29, 0.717) is 12.8 Å². The van der Waals surface area contributed by atoms with Gasteiger partial charge in [0.15, 0.2) is 0 Å². The van der Waals surface area contributed by atoms with Crippen LogP contribution in [0.15, 0.2) is 24.3 Å². The molecule has 2 rings (SSSR count). The molecule has 2 aromatic carbocycles. The van der Waals surface area contributed by atoms with Crippen molar-refractivity contribution in [2.45, 2.75) is 130 Å². The first-order valence-electron chi connectivity index (χ1n) is 13.9. The van der Waals surface area contributed by atoms with Gasteiger partial charge in [0.25, 0.3) is 0 Å². The van der Waals surface area contributed by atoms with Crippen molar-refractivity contribution in [2.75, 3.05) is 14.2 Å². The number of ether oxygens (including phenoxy) is 2. The molecule has 0 aliphatic carbocycles. The molecule has 2 N–H and O–H groups in total. The Bertz CT molecular complexity index is 1010. The molecular formula is C34H54O4. The van der Waals surface area contributed by atoms with Crippen LogP contribution in [0.4, 0.5) is 0 Å². The molecule has 0 aromatic heterocycles. The zero-order valence-corrected chi connectivity index (χ0v) is 26.6. The molecular weight excluding hydrogens is 472 g/mol. The van der Waals surface area contributed by atoms with Crippen molar-refractivity contribution in [1.29, 1.82) is 0 Å². The minimum atomic E-state index is -0.776. The second-order valence-electron chi connectivity index (χ2n) is 14.9. The number of rotatable bonds is 7. The maximum Gasteiger partial charge on any atom is 0.128 e. The molecule has 0 spiro atoms. The first-order chi connectivity index (χ1) is 17.1. The summed E-state index contributed by atoms with van der Waals surface area (Å²) in [5.41, 5.74) is 5.59. The van der Waals surface area contributed by atoms with Gasteiger partial charge in [-0.15, -0.1) is 0 Å². The minimum Gasteiger partial charge on any atom is -0.496 e. The van der Waals surface area contributed by atoms with Gasteiger partial charge in [0.05, 0.1) is 26.4 Å². The third-order valence-electron chi connectivity index (χ3n) is 7.42. The molecule has 0 bridgehead atoms. The summed E-state index contributed by atoms with van der Waals surface area (Å²) in [6, 6.07) is 8.56. The van der Waals surface area contributed by atoms with Gasteiger partial charge in [-0.2, -0.15) is 0 Å². The molecule has 4 nitrogen and oxygen atoms in total. The highest BCUT2D eigenvalue weighted by atomic mass is 16.5. The summed E-state index contributed by atoms with van der Waals surface area (Å²) in [5, 5.41) is 23.0. The Morgan fingerprint density at radius 3 is 1.03 bits per heavy atom. The maximum absolute atomic E-state index is 11.5. The Balaban J connectivity index is 2.53. The van der Waals surface area contributed by atoms with Gasteiger partial charge < -0.3 is 19.7 Å². The van der Waals surface area contributed by atoms with Crippen molar-refractivity contribution < 1.29 is 19.7 Å². The fourth-order valence-electron chi connectivity index (χ4n) is 4.86. The van der Waals surface area contributed by atoms with Crippen molar-refractivity contribution in [3.63, 3.8) is 0 Å². The second kappa shape index (κ2) is 11.2. The Labute approximate surface area is 232 Å². The number of hydrogen-bond acceptors (Lipinski definition) is 4. The fourth-order valence-corrected chi connectivity index (χ4v) is 4.86. The molecule has 0 fully saturated rings. The van der Waals surface area contributed by atoms with E-state index in [0.717, 1.165) is 44.9 Å². The molecule has 0 saturated heterocycles. The van der Waals surface area contributed by atoms with Crippen LogP contribution >= 0.6 is 0 Å². The summed E-state index contributed by atoms with van der Waals surface area (Å²) in [5.74, 6) is 1.46. The lowest BCUT2D eigenvalue weighted by molar-refractivity contribution is 0.111. The molecule has 214 valence electrons. The quantitative estimate of drug-likeness (QED) is 0.380. The molecule has 2 atom stereocenters. The van der Waals surface area contributed by atoms with Crippen LogP contribution in [-0.4, -0.2) is 24.4 Å². The SMILES string of the molecule is COc1c(C(O)CCC(O)c2cc(C(C)(C)C)cc(C(C)(C)C)c2OC)cc(C(C)(C)C)cc1C(C)(C)C. The van der Waals surface area contributed by atoms with E-state index in [-0.39, 0.29) is 21.7 Å². The molecule has 0 saturated carbocycles. The van der Waals surface area contributed by atoms with E-state index >= 15 is 0 Å². The van der Waals surface area contributed by atoms with E-state index in [1.165, 1.54) is 0 Å². The zero-order valence-electron chi connectivity index (χ0n) is 26.6. The summed E-state index contributed by atoms with van der Waals surface area (Å²) in [6.45, 7) is 26.1. The van der Waals surface area contributed by atoms with Gasteiger partial charge >= 0.3 is 0 Å². The molecule has 0 amide bonds. The summed E-state index contributed by atoms with van der Waals surface area (Å²) in [6.07, 6.45) is -0.769. The van der Waals surface area contributed by atoms with Crippen LogP contribution < -0.4 is 9.47 Å². The van der Waals surface area contributed by atoms with Crippen LogP contribution in [0.1, 0.15) is 142 Å². The number of methoxy groups -OCH3 is 2. The lowest BCUT2D eigenvalue weighted by Crippen LogP contribution is -2.20. The van der Waals surface area contributed by atoms with E-state index in [9.17, 15) is 10.2 Å². The predicted octanol–water partition coefficient (Wildman–Crippen LogP) is 8.44. The first-order valence-corrected chi connectivity index (χ1v) is 13.9. The Kier molecular flexibility index (Phi) is 9.50. The fraction of sp³-hybridized carbons (Fsp3) is 0.647. The average molecular weight is 527 g/mol. The highest BCUT2D eigenvalue weighted by Gasteiger charge is 2.30. The van der Waals surface area contributed by atoms with Crippen molar-refractivity contribution in [3.8, 4) is 11.5 Å². The summed E-state index contributed by atoms with van der Waals surface area (Å²) in [7, 11) is 3.34. The lowest BCUT2D eigenvalue weighted by Gasteiger charge is -2.31. The number of aliphatic hydroxyl groups excluding tert-OH is 2. The minimum absolute atomic E-state index is 0.0790. The van der Waals surface area contributed by atoms with Crippen molar-refractivity contribution in [3.05, 3.63) is 57.6 Å². The third-order valence-corrected chi connectivity index (χ3v) is 7.42. The van der Waals surface area contributed by atoms with Gasteiger partial charge in [-0.25, -0.2) is 0 Å². The second-order valence-corrected chi connectivity index (χ2v) is 14.9. The molecule has 0 aliphatic rings. The van der Waals surface area contributed by atoms with Crippen LogP contribution in [0.5, 0.6) is 11.5 Å². The smallest absolute Gasteiger partial charge is 0.128 e. The molecule has 0 heterocycles. The van der Waals surface area contributed by atoms with Crippen molar-refractivity contribution in [2.24, 2.45) is 0 Å². The number of benzene rings is 2. The Morgan fingerprint density at radius 2 is 0.816 bits per heavy atom. The molecule has 0 radical (unpaired) electrons. The molecule has 0 aliphatic heterocycles. The van der Waals surface area contributed by atoms with Gasteiger partial charge in [-0.05, 0) is 57.8 Å². The molecule has 4 heteroatoms. The van der Waals surface area contributed by atoms with E-state index in [1.807, 2.05) is 0 Å². The predicted molar refractivity (Wildman–Crippen MR) is 160 cm³/mol. The maximum atomic E-state index is 11.5. The zero-order chi connectivity index (χ0) is 29.4. The van der Waals surface area contributed by atoms with E-state index in [2.05, 4.69) is 107 Å². The van der Waals surface area contributed by atoms with Gasteiger partial charge in [-0.3, -0.25) is 0 Å². The van der Waals surface area contributed by atoms with Crippen LogP contribution in [0.25, 0.3) is 0 Å². The van der Waals surface area contributed by atoms with Crippen LogP contribution in [0, 0.1) is 0 Å². The van der Waals surface area contributed by atoms with Gasteiger partial charge in [0.2, 0.25) is 0 Å². The van der Waals surface area contributed by atoms with E-state index in [4.69, 9.17) is 9.47 Å². The summed E-state index contributed by atoms with van der Waals surface area (Å²) >= 11 is 0. The normalized spacial score (nSPS) is 14.8. The Hall–Kier alpha value is -2.04. The number of hydrogen-bond donors (Lipinski definition) is 2. The van der Waals surface area contributed by atoms with Gasteiger partial charge in [-0.1, -0.05) is 95.2 Å². The van der Waals surface area contributed by atoms with Crippen molar-refractivity contribution in [1.82, 2.24) is 0 Å². The van der Waals surface area contributed by atoms with Crippen LogP contribution in [0.2, 0.25) is 0 Å². The molecule has 2 aromatic rings. The largest absolute Gasteiger partial charge is 0.496 e. The van der Waals surface area contributed by atoms with E-state index in [1.54, 1.807) is 14.2 Å². The molecule has 38 heavy (non-hydrogen) atoms. The van der Waals surface area contributed by atoms with E-state index < -0.39 is 12.2 Å². The Morgan fingerprint density at radius 1 is 0.526 bits per heavy atom. The third kappa shape index (κ3) is 7.33. The lowest BCUT2D eigenvalue weighted by atomic mass is 9.77. The monoisotopic (exact) mass is 526 g/mol. The first kappa shape index (κ1) is 32.2. The summed E-state index contributed by atoms with van der Waals surface area (Å²) in [4.78, 5) is 0. The average Bonchev–Trinajstić information content (AvgIpc) is 2.77. The van der Waals surface area contributed by atoms with Crippen LogP contribution in [-0.2, 0) is 21.7 Å². The van der Waals surface area contributed by atoms with Gasteiger partial charge in [0, 0.05) is 22.3 Å². The standard InChI is InChI=1S/C34H54O4/c1-31(2,3)21-17-23(29(37-13)25(19-21)33(7,8)9)27(35)15-16-28(36)24-18-22(32(4,5)6)20-26(30(24)38-14)34(10,11)12/h17-20,27-28,35-36H,15-16H2,1-14H3. The van der Waals surface area contributed by atoms with Gasteiger partial charge in [0.1, 0.15) is 11.5 Å². The highest BCUT2D eigenvalue weighted by molar-refractivity contribution is 5.52. The van der Waals surface area contributed by atoms with Crippen molar-refractivity contribution >= 4 is 0 Å². The topological polar surface area (TPSA) is 58.9 Å². The molecule has 2 unspecified atom stereocenters. The highest BCUT2D eigenvalue weighted by Crippen LogP contribution is 2.44. The number of aliphatic hydroxyl groups is 2.